The predicted molar refractivity (Wildman–Crippen MR) is 60.6 cm³/mol. The van der Waals surface area contributed by atoms with E-state index in [2.05, 4.69) is 5.32 Å². The molecule has 0 saturated carbocycles. The molecular weight excluding hydrogens is 238 g/mol. The third kappa shape index (κ3) is 4.76. The van der Waals surface area contributed by atoms with E-state index in [-0.39, 0.29) is 22.7 Å². The second-order valence-corrected chi connectivity index (χ2v) is 5.97. The molecule has 0 aliphatic carbocycles. The molecule has 1 N–H and O–H groups in total. The van der Waals surface area contributed by atoms with Crippen molar-refractivity contribution in [1.29, 1.82) is 0 Å². The van der Waals surface area contributed by atoms with Gasteiger partial charge in [0, 0.05) is 13.2 Å². The Labute approximate surface area is 95.0 Å². The molecule has 1 heterocycles. The second kappa shape index (κ2) is 5.62. The van der Waals surface area contributed by atoms with Crippen LogP contribution in [0.3, 0.4) is 0 Å². The average molecular weight is 253 g/mol. The van der Waals surface area contributed by atoms with Crippen molar-refractivity contribution in [3.63, 3.8) is 0 Å². The van der Waals surface area contributed by atoms with Crippen molar-refractivity contribution in [1.82, 2.24) is 5.32 Å². The van der Waals surface area contributed by atoms with Gasteiger partial charge < -0.3 is 14.8 Å². The molecule has 0 aromatic heterocycles. The molecule has 1 aliphatic rings. The second-order valence-electron chi connectivity index (χ2n) is 3.37. The Morgan fingerprint density at radius 3 is 2.80 bits per heavy atom. The third-order valence-electron chi connectivity index (χ3n) is 2.08. The first-order chi connectivity index (χ1) is 7.03. The summed E-state index contributed by atoms with van der Waals surface area (Å²) < 4.78 is 32.2. The van der Waals surface area contributed by atoms with Gasteiger partial charge in [0.15, 0.2) is 9.84 Å². The van der Waals surface area contributed by atoms with Crippen molar-refractivity contribution in [2.45, 2.75) is 12.5 Å². The molecule has 88 valence electrons. The summed E-state index contributed by atoms with van der Waals surface area (Å²) in [6, 6.07) is -0.106. The number of sulfone groups is 1. The minimum Gasteiger partial charge on any atom is -0.469 e. The van der Waals surface area contributed by atoms with E-state index >= 15 is 0 Å². The van der Waals surface area contributed by atoms with Crippen LogP contribution >= 0.6 is 12.2 Å². The van der Waals surface area contributed by atoms with Crippen molar-refractivity contribution < 1.29 is 17.9 Å². The molecule has 0 spiro atoms. The van der Waals surface area contributed by atoms with Crippen LogP contribution in [0.15, 0.2) is 0 Å². The van der Waals surface area contributed by atoms with Crippen molar-refractivity contribution in [2.24, 2.45) is 0 Å². The van der Waals surface area contributed by atoms with E-state index in [0.29, 0.717) is 19.6 Å². The van der Waals surface area contributed by atoms with Crippen LogP contribution < -0.4 is 5.32 Å². The van der Waals surface area contributed by atoms with Crippen LogP contribution in [-0.2, 0) is 19.3 Å². The topological polar surface area (TPSA) is 64.6 Å². The molecule has 0 bridgehead atoms. The number of thiocarbonyl (C=S) groups is 1. The van der Waals surface area contributed by atoms with Gasteiger partial charge in [0.1, 0.15) is 6.61 Å². The fourth-order valence-electron chi connectivity index (χ4n) is 1.33. The summed E-state index contributed by atoms with van der Waals surface area (Å²) in [4.78, 5) is 0. The zero-order chi connectivity index (χ0) is 11.3. The van der Waals surface area contributed by atoms with Gasteiger partial charge in [-0.1, -0.05) is 0 Å². The molecule has 0 radical (unpaired) electrons. The van der Waals surface area contributed by atoms with Gasteiger partial charge in [0.05, 0.1) is 18.1 Å². The van der Waals surface area contributed by atoms with Gasteiger partial charge in [-0.25, -0.2) is 8.42 Å². The van der Waals surface area contributed by atoms with Crippen LogP contribution in [-0.4, -0.2) is 51.5 Å². The number of rotatable bonds is 4. The highest BCUT2D eigenvalue weighted by Crippen LogP contribution is 2.11. The Bertz CT molecular complexity index is 315. The van der Waals surface area contributed by atoms with Crippen LogP contribution in [0.5, 0.6) is 0 Å². The number of nitrogens with one attached hydrogen (secondary N) is 1. The van der Waals surface area contributed by atoms with E-state index in [0.717, 1.165) is 0 Å². The lowest BCUT2D eigenvalue weighted by Gasteiger charge is -2.13. The van der Waals surface area contributed by atoms with Gasteiger partial charge in [0.25, 0.3) is 5.17 Å². The van der Waals surface area contributed by atoms with E-state index < -0.39 is 9.84 Å². The lowest BCUT2D eigenvalue weighted by molar-refractivity contribution is 0.139. The van der Waals surface area contributed by atoms with Gasteiger partial charge in [0.2, 0.25) is 0 Å². The minimum absolute atomic E-state index is 0.106. The summed E-state index contributed by atoms with van der Waals surface area (Å²) in [6.07, 6.45) is 0.593. The number of methoxy groups -OCH3 is 1. The van der Waals surface area contributed by atoms with E-state index in [1.807, 2.05) is 0 Å². The molecule has 1 saturated heterocycles. The maximum absolute atomic E-state index is 11.1. The van der Waals surface area contributed by atoms with E-state index in [1.165, 1.54) is 0 Å². The predicted octanol–water partition coefficient (Wildman–Crippen LogP) is -0.289. The van der Waals surface area contributed by atoms with Gasteiger partial charge in [-0.15, -0.1) is 0 Å². The zero-order valence-corrected chi connectivity index (χ0v) is 10.2. The molecule has 1 fully saturated rings. The molecule has 0 amide bonds. The quantitative estimate of drug-likeness (QED) is 0.549. The summed E-state index contributed by atoms with van der Waals surface area (Å²) in [5, 5.41) is 3.11. The van der Waals surface area contributed by atoms with Gasteiger partial charge >= 0.3 is 0 Å². The Morgan fingerprint density at radius 2 is 2.27 bits per heavy atom. The summed E-state index contributed by atoms with van der Waals surface area (Å²) in [5.41, 5.74) is 0. The lowest BCUT2D eigenvalue weighted by Crippen LogP contribution is -2.36. The monoisotopic (exact) mass is 253 g/mol. The van der Waals surface area contributed by atoms with Crippen LogP contribution in [0.25, 0.3) is 0 Å². The summed E-state index contributed by atoms with van der Waals surface area (Å²) in [6.45, 7) is 0.840. The van der Waals surface area contributed by atoms with Crippen LogP contribution in [0.2, 0.25) is 0 Å². The Hall–Kier alpha value is -0.400. The molecule has 0 unspecified atom stereocenters. The van der Waals surface area contributed by atoms with Crippen molar-refractivity contribution in [2.75, 3.05) is 31.8 Å². The van der Waals surface area contributed by atoms with E-state index in [1.54, 1.807) is 7.11 Å². The van der Waals surface area contributed by atoms with Crippen LogP contribution in [0, 0.1) is 0 Å². The SMILES string of the molecule is COCCOC(=S)N[C@@H]1CCS(=O)(=O)C1. The van der Waals surface area contributed by atoms with Gasteiger partial charge in [-0.2, -0.15) is 0 Å². The molecule has 1 aliphatic heterocycles. The number of hydrogen-bond acceptors (Lipinski definition) is 5. The lowest BCUT2D eigenvalue weighted by atomic mass is 10.3. The largest absolute Gasteiger partial charge is 0.469 e. The molecule has 0 aromatic rings. The minimum atomic E-state index is -2.87. The Morgan fingerprint density at radius 1 is 1.53 bits per heavy atom. The van der Waals surface area contributed by atoms with Crippen molar-refractivity contribution >= 4 is 27.2 Å². The summed E-state index contributed by atoms with van der Waals surface area (Å²) in [5.74, 6) is 0.367. The smallest absolute Gasteiger partial charge is 0.256 e. The van der Waals surface area contributed by atoms with E-state index in [4.69, 9.17) is 21.7 Å². The first-order valence-corrected chi connectivity index (χ1v) is 6.89. The first-order valence-electron chi connectivity index (χ1n) is 4.66. The highest BCUT2D eigenvalue weighted by atomic mass is 32.2. The summed E-state index contributed by atoms with van der Waals surface area (Å²) in [7, 11) is -1.30. The normalized spacial score (nSPS) is 23.7. The number of hydrogen-bond donors (Lipinski definition) is 1. The maximum atomic E-state index is 11.1. The van der Waals surface area contributed by atoms with Gasteiger partial charge in [-0.05, 0) is 18.6 Å². The summed E-state index contributed by atoms with van der Waals surface area (Å²) >= 11 is 4.90. The molecule has 0 aromatic carbocycles. The van der Waals surface area contributed by atoms with E-state index in [9.17, 15) is 8.42 Å². The van der Waals surface area contributed by atoms with Crippen molar-refractivity contribution in [3.8, 4) is 0 Å². The molecule has 5 nitrogen and oxygen atoms in total. The molecule has 15 heavy (non-hydrogen) atoms. The fraction of sp³-hybridized carbons (Fsp3) is 0.875. The Balaban J connectivity index is 2.22. The highest BCUT2D eigenvalue weighted by molar-refractivity contribution is 7.91. The molecule has 7 heteroatoms. The molecule has 1 rings (SSSR count). The fourth-order valence-corrected chi connectivity index (χ4v) is 3.26. The van der Waals surface area contributed by atoms with Crippen LogP contribution in [0.1, 0.15) is 6.42 Å². The molecular formula is C8H15NO4S2. The highest BCUT2D eigenvalue weighted by Gasteiger charge is 2.28. The first kappa shape index (κ1) is 12.7. The standard InChI is InChI=1S/C8H15NO4S2/c1-12-3-4-13-8(14)9-7-2-5-15(10,11)6-7/h7H,2-6H2,1H3,(H,9,14)/t7-/m1/s1. The average Bonchev–Trinajstić information content (AvgIpc) is 2.46. The maximum Gasteiger partial charge on any atom is 0.256 e. The molecule has 1 atom stereocenters. The number of ether oxygens (including phenoxy) is 2. The van der Waals surface area contributed by atoms with Gasteiger partial charge in [-0.3, -0.25) is 0 Å². The Kier molecular flexibility index (Phi) is 4.75. The van der Waals surface area contributed by atoms with Crippen molar-refractivity contribution in [3.05, 3.63) is 0 Å². The third-order valence-corrected chi connectivity index (χ3v) is 4.08. The van der Waals surface area contributed by atoms with Crippen LogP contribution in [0.4, 0.5) is 0 Å². The zero-order valence-electron chi connectivity index (χ0n) is 8.56.